The smallest absolute Gasteiger partial charge is 0.379 e. The van der Waals surface area contributed by atoms with E-state index in [0.717, 1.165) is 0 Å². The van der Waals surface area contributed by atoms with E-state index in [4.69, 9.17) is 0 Å². The second kappa shape index (κ2) is 9.40. The van der Waals surface area contributed by atoms with Gasteiger partial charge in [-0.2, -0.15) is 13.2 Å². The minimum Gasteiger partial charge on any atom is -0.379 e. The highest BCUT2D eigenvalue weighted by atomic mass is 19.4. The van der Waals surface area contributed by atoms with Gasteiger partial charge in [-0.15, -0.1) is 0 Å². The first-order valence-corrected chi connectivity index (χ1v) is 13.0. The van der Waals surface area contributed by atoms with E-state index in [-0.39, 0.29) is 27.7 Å². The maximum atomic E-state index is 14.5. The lowest BCUT2D eigenvalue weighted by atomic mass is 9.74. The van der Waals surface area contributed by atoms with E-state index in [2.05, 4.69) is 38.3 Å². The van der Waals surface area contributed by atoms with Crippen LogP contribution >= 0.6 is 0 Å². The Bertz CT molecular complexity index is 1440. The summed E-state index contributed by atoms with van der Waals surface area (Å²) in [6.45, 7) is 10.7. The summed E-state index contributed by atoms with van der Waals surface area (Å²) < 4.78 is 44.8. The Kier molecular flexibility index (Phi) is 6.91. The zero-order chi connectivity index (χ0) is 29.0. The molecule has 1 fully saturated rings. The van der Waals surface area contributed by atoms with E-state index in [9.17, 15) is 27.9 Å². The number of para-hydroxylation sites is 2. The molecule has 3 N–H and O–H groups in total. The maximum Gasteiger partial charge on any atom is 0.418 e. The summed E-state index contributed by atoms with van der Waals surface area (Å²) in [6, 6.07) is 13.8. The fourth-order valence-electron chi connectivity index (χ4n) is 5.78. The van der Waals surface area contributed by atoms with Crippen molar-refractivity contribution in [2.45, 2.75) is 77.7 Å². The van der Waals surface area contributed by atoms with Crippen molar-refractivity contribution in [1.82, 2.24) is 9.88 Å². The highest BCUT2D eigenvalue weighted by Gasteiger charge is 2.65. The van der Waals surface area contributed by atoms with Crippen LogP contribution in [0.2, 0.25) is 0 Å². The van der Waals surface area contributed by atoms with Gasteiger partial charge in [-0.25, -0.2) is 4.79 Å². The number of carbonyl (C=O) groups is 1. The number of fused-ring (bicyclic) bond motifs is 1. The van der Waals surface area contributed by atoms with Crippen molar-refractivity contribution < 1.29 is 23.1 Å². The molecular weight excluding hydrogens is 507 g/mol. The largest absolute Gasteiger partial charge is 0.418 e. The molecule has 39 heavy (non-hydrogen) atoms. The van der Waals surface area contributed by atoms with Crippen LogP contribution in [-0.2, 0) is 12.0 Å². The van der Waals surface area contributed by atoms with Crippen LogP contribution in [0.15, 0.2) is 65.6 Å². The molecule has 210 valence electrons. The molecule has 1 heterocycles. The van der Waals surface area contributed by atoms with Gasteiger partial charge >= 0.3 is 12.2 Å². The van der Waals surface area contributed by atoms with Crippen molar-refractivity contribution in [3.63, 3.8) is 0 Å². The van der Waals surface area contributed by atoms with E-state index in [1.807, 2.05) is 0 Å². The Balaban J connectivity index is 1.63. The van der Waals surface area contributed by atoms with Crippen LogP contribution in [0.3, 0.4) is 0 Å². The van der Waals surface area contributed by atoms with Crippen molar-refractivity contribution in [3.8, 4) is 0 Å². The van der Waals surface area contributed by atoms with E-state index >= 15 is 0 Å². The van der Waals surface area contributed by atoms with Gasteiger partial charge in [0.25, 0.3) is 0 Å². The van der Waals surface area contributed by atoms with E-state index in [1.54, 1.807) is 62.4 Å². The van der Waals surface area contributed by atoms with Gasteiger partial charge in [-0.05, 0) is 46.4 Å². The second-order valence-electron chi connectivity index (χ2n) is 12.4. The number of alkyl halides is 3. The molecule has 9 heteroatoms. The quantitative estimate of drug-likeness (QED) is 0.331. The lowest BCUT2D eigenvalue weighted by Crippen LogP contribution is -2.52. The van der Waals surface area contributed by atoms with Crippen molar-refractivity contribution in [3.05, 3.63) is 76.6 Å². The first kappa shape index (κ1) is 28.7. The zero-order valence-corrected chi connectivity index (χ0v) is 23.1. The number of nitrogens with zero attached hydrogens (tertiary/aromatic N) is 1. The lowest BCUT2D eigenvalue weighted by molar-refractivity contribution is -0.271. The maximum absolute atomic E-state index is 14.5. The summed E-state index contributed by atoms with van der Waals surface area (Å²) in [7, 11) is 0. The Morgan fingerprint density at radius 2 is 1.56 bits per heavy atom. The average molecular weight is 544 g/mol. The molecule has 2 amide bonds. The summed E-state index contributed by atoms with van der Waals surface area (Å²) in [4.78, 5) is 25.1. The third kappa shape index (κ3) is 5.16. The molecule has 1 aliphatic carbocycles. The monoisotopic (exact) mass is 543 g/mol. The summed E-state index contributed by atoms with van der Waals surface area (Å²) in [5, 5.41) is 17.3. The minimum atomic E-state index is -4.97. The van der Waals surface area contributed by atoms with Crippen molar-refractivity contribution in [2.75, 3.05) is 5.32 Å². The van der Waals surface area contributed by atoms with Crippen molar-refractivity contribution in [2.24, 2.45) is 10.8 Å². The van der Waals surface area contributed by atoms with E-state index in [0.29, 0.717) is 16.8 Å². The molecule has 0 radical (unpaired) electrons. The molecule has 4 rings (SSSR count). The molecule has 6 nitrogen and oxygen atoms in total. The molecule has 0 aliphatic heterocycles. The third-order valence-corrected chi connectivity index (χ3v) is 8.78. The lowest BCUT2D eigenvalue weighted by Gasteiger charge is -2.39. The van der Waals surface area contributed by atoms with Gasteiger partial charge in [-0.3, -0.25) is 4.79 Å². The Labute approximate surface area is 226 Å². The SMILES string of the molecule is CC(C)(CC(O)(Cn1ccc(=O)c2ccccc21)C(F)(F)F)c1ccccc1NC(=O)NC1C(C)(C)C1(C)C. The number of amides is 2. The van der Waals surface area contributed by atoms with Crippen LogP contribution in [0.5, 0.6) is 0 Å². The fourth-order valence-corrected chi connectivity index (χ4v) is 5.78. The highest BCUT2D eigenvalue weighted by Crippen LogP contribution is 2.62. The number of anilines is 1. The van der Waals surface area contributed by atoms with Crippen LogP contribution < -0.4 is 16.1 Å². The van der Waals surface area contributed by atoms with Gasteiger partial charge in [0.15, 0.2) is 11.0 Å². The van der Waals surface area contributed by atoms with Crippen LogP contribution in [0.25, 0.3) is 10.9 Å². The van der Waals surface area contributed by atoms with Crippen molar-refractivity contribution in [1.29, 1.82) is 0 Å². The molecule has 0 bridgehead atoms. The molecule has 1 unspecified atom stereocenters. The molecule has 1 aliphatic rings. The van der Waals surface area contributed by atoms with Gasteiger partial charge in [0.05, 0.1) is 12.1 Å². The predicted molar refractivity (Wildman–Crippen MR) is 147 cm³/mol. The fraction of sp³-hybridized carbons (Fsp3) is 0.467. The molecule has 0 saturated heterocycles. The number of carbonyl (C=O) groups excluding carboxylic acids is 1. The highest BCUT2D eigenvalue weighted by molar-refractivity contribution is 5.91. The Hall–Kier alpha value is -3.33. The normalized spacial score (nSPS) is 18.4. The van der Waals surface area contributed by atoms with Gasteiger partial charge in [0.1, 0.15) is 0 Å². The van der Waals surface area contributed by atoms with E-state index in [1.165, 1.54) is 16.8 Å². The van der Waals surface area contributed by atoms with E-state index < -0.39 is 36.2 Å². The molecular formula is C30H36F3N3O3. The summed E-state index contributed by atoms with van der Waals surface area (Å²) in [5.41, 5.74) is -3.69. The molecule has 1 saturated carbocycles. The number of nitrogens with one attached hydrogen (secondary N) is 2. The summed E-state index contributed by atoms with van der Waals surface area (Å²) in [5.74, 6) is 0. The van der Waals surface area contributed by atoms with Crippen LogP contribution in [0.1, 0.15) is 53.5 Å². The number of hydrogen-bond acceptors (Lipinski definition) is 3. The molecule has 2 aromatic carbocycles. The summed E-state index contributed by atoms with van der Waals surface area (Å²) >= 11 is 0. The molecule has 1 aromatic heterocycles. The number of rotatable bonds is 7. The number of hydrogen-bond donors (Lipinski definition) is 3. The van der Waals surface area contributed by atoms with Gasteiger partial charge < -0.3 is 20.3 Å². The molecule has 1 atom stereocenters. The number of aromatic nitrogens is 1. The van der Waals surface area contributed by atoms with Gasteiger partial charge in [0, 0.05) is 29.4 Å². The first-order chi connectivity index (χ1) is 17.9. The second-order valence-corrected chi connectivity index (χ2v) is 12.4. The Morgan fingerprint density at radius 1 is 0.974 bits per heavy atom. The number of benzene rings is 2. The molecule has 3 aromatic rings. The standard InChI is InChI=1S/C30H36F3N3O3/c1-26(2,20-12-8-9-13-21(20)34-25(38)35-24-27(3,4)28(24,5)6)17-29(39,30(31,32)33)18-36-16-15-23(37)19-11-7-10-14-22(19)36/h7-16,24,39H,17-18H2,1-6H3,(H2,34,35,38). The Morgan fingerprint density at radius 3 is 2.18 bits per heavy atom. The number of aliphatic hydroxyl groups is 1. The van der Waals surface area contributed by atoms with Crippen LogP contribution in [0.4, 0.5) is 23.7 Å². The number of pyridine rings is 1. The van der Waals surface area contributed by atoms with Gasteiger partial charge in [-0.1, -0.05) is 71.9 Å². The minimum absolute atomic E-state index is 0.0483. The topological polar surface area (TPSA) is 83.4 Å². The van der Waals surface area contributed by atoms with Crippen molar-refractivity contribution >= 4 is 22.6 Å². The first-order valence-electron chi connectivity index (χ1n) is 13.0. The summed E-state index contributed by atoms with van der Waals surface area (Å²) in [6.07, 6.45) is -4.39. The average Bonchev–Trinajstić information content (AvgIpc) is 3.22. The van der Waals surface area contributed by atoms with Gasteiger partial charge in [0.2, 0.25) is 0 Å². The zero-order valence-electron chi connectivity index (χ0n) is 23.1. The third-order valence-electron chi connectivity index (χ3n) is 8.78. The number of halogens is 3. The van der Waals surface area contributed by atoms with Crippen LogP contribution in [0, 0.1) is 10.8 Å². The molecule has 0 spiro atoms. The number of urea groups is 1. The predicted octanol–water partition coefficient (Wildman–Crippen LogP) is 6.22. The van der Waals surface area contributed by atoms with Crippen LogP contribution in [-0.4, -0.2) is 33.5 Å².